The Kier molecular flexibility index (Phi) is 4.38. The summed E-state index contributed by atoms with van der Waals surface area (Å²) in [6.07, 6.45) is 0.217. The quantitative estimate of drug-likeness (QED) is 0.905. The molecule has 1 amide bonds. The minimum atomic E-state index is -1.05. The fourth-order valence-electron chi connectivity index (χ4n) is 2.20. The Labute approximate surface area is 123 Å². The van der Waals surface area contributed by atoms with Gasteiger partial charge in [-0.25, -0.2) is 4.79 Å². The van der Waals surface area contributed by atoms with Gasteiger partial charge in [-0.1, -0.05) is 42.0 Å². The number of carboxylic acid groups (broad SMARTS) is 1. The van der Waals surface area contributed by atoms with Gasteiger partial charge in [0.15, 0.2) is 0 Å². The molecule has 0 unspecified atom stereocenters. The van der Waals surface area contributed by atoms with Gasteiger partial charge < -0.3 is 10.4 Å². The summed E-state index contributed by atoms with van der Waals surface area (Å²) in [5, 5.41) is 11.9. The van der Waals surface area contributed by atoms with Crippen LogP contribution in [0.3, 0.4) is 0 Å². The number of carboxylic acids is 1. The van der Waals surface area contributed by atoms with E-state index in [1.807, 2.05) is 31.2 Å². The Morgan fingerprint density at radius 1 is 1.10 bits per heavy atom. The van der Waals surface area contributed by atoms with E-state index >= 15 is 0 Å². The smallest absolute Gasteiger partial charge is 0.337 e. The fraction of sp³-hybridized carbons (Fsp3) is 0.176. The van der Waals surface area contributed by atoms with Crippen LogP contribution in [-0.2, 0) is 11.2 Å². The van der Waals surface area contributed by atoms with Crippen LogP contribution in [0.2, 0.25) is 0 Å². The lowest BCUT2D eigenvalue weighted by Crippen LogP contribution is -2.17. The second-order valence-corrected chi connectivity index (χ2v) is 5.02. The Hall–Kier alpha value is -2.62. The molecule has 0 saturated heterocycles. The van der Waals surface area contributed by atoms with Crippen LogP contribution in [0.1, 0.15) is 27.0 Å². The van der Waals surface area contributed by atoms with Gasteiger partial charge in [-0.05, 0) is 31.0 Å². The van der Waals surface area contributed by atoms with Crippen molar-refractivity contribution in [1.82, 2.24) is 0 Å². The van der Waals surface area contributed by atoms with Crippen LogP contribution in [0, 0.1) is 13.8 Å². The molecule has 0 bridgehead atoms. The number of aryl methyl sites for hydroxylation is 2. The van der Waals surface area contributed by atoms with Gasteiger partial charge >= 0.3 is 5.97 Å². The molecule has 0 saturated carbocycles. The summed E-state index contributed by atoms with van der Waals surface area (Å²) in [7, 11) is 0. The number of nitrogens with one attached hydrogen (secondary N) is 1. The number of aromatic carboxylic acids is 1. The molecule has 0 heterocycles. The maximum absolute atomic E-state index is 12.1. The van der Waals surface area contributed by atoms with E-state index in [2.05, 4.69) is 5.32 Å². The van der Waals surface area contributed by atoms with E-state index < -0.39 is 5.97 Å². The highest BCUT2D eigenvalue weighted by atomic mass is 16.4. The highest BCUT2D eigenvalue weighted by Gasteiger charge is 2.14. The summed E-state index contributed by atoms with van der Waals surface area (Å²) in [5.41, 5.74) is 3.18. The van der Waals surface area contributed by atoms with Crippen molar-refractivity contribution in [3.05, 3.63) is 64.7 Å². The highest BCUT2D eigenvalue weighted by Crippen LogP contribution is 2.21. The number of hydrogen-bond acceptors (Lipinski definition) is 2. The Morgan fingerprint density at radius 3 is 2.48 bits per heavy atom. The molecule has 2 aromatic carbocycles. The third-order valence-electron chi connectivity index (χ3n) is 3.21. The van der Waals surface area contributed by atoms with Crippen molar-refractivity contribution in [1.29, 1.82) is 0 Å². The second-order valence-electron chi connectivity index (χ2n) is 5.02. The zero-order valence-electron chi connectivity index (χ0n) is 12.0. The Balaban J connectivity index is 2.18. The van der Waals surface area contributed by atoms with Gasteiger partial charge in [0.1, 0.15) is 0 Å². The van der Waals surface area contributed by atoms with Crippen LogP contribution >= 0.6 is 0 Å². The second kappa shape index (κ2) is 6.22. The van der Waals surface area contributed by atoms with Crippen LogP contribution in [0.5, 0.6) is 0 Å². The standard InChI is InChI=1S/C17H17NO3/c1-11-5-3-7-13(9-11)10-15(19)18-16-12(2)6-4-8-14(16)17(20)21/h3-9H,10H2,1-2H3,(H,18,19)(H,20,21). The minimum absolute atomic E-state index is 0.104. The molecule has 0 spiro atoms. The molecule has 0 fully saturated rings. The first kappa shape index (κ1) is 14.8. The summed E-state index contributed by atoms with van der Waals surface area (Å²) in [6.45, 7) is 3.74. The van der Waals surface area contributed by atoms with Gasteiger partial charge in [-0.2, -0.15) is 0 Å². The summed E-state index contributed by atoms with van der Waals surface area (Å²) in [5.74, 6) is -1.28. The van der Waals surface area contributed by atoms with E-state index in [9.17, 15) is 14.7 Å². The number of para-hydroxylation sites is 1. The van der Waals surface area contributed by atoms with E-state index in [0.29, 0.717) is 5.69 Å². The van der Waals surface area contributed by atoms with Crippen molar-refractivity contribution < 1.29 is 14.7 Å². The first-order chi connectivity index (χ1) is 9.97. The van der Waals surface area contributed by atoms with Crippen molar-refractivity contribution in [3.8, 4) is 0 Å². The molecule has 0 aliphatic carbocycles. The zero-order chi connectivity index (χ0) is 15.4. The van der Waals surface area contributed by atoms with Gasteiger partial charge in [-0.3, -0.25) is 4.79 Å². The van der Waals surface area contributed by atoms with Crippen LogP contribution < -0.4 is 5.32 Å². The third kappa shape index (κ3) is 3.69. The van der Waals surface area contributed by atoms with E-state index in [4.69, 9.17) is 0 Å². The number of carbonyl (C=O) groups excluding carboxylic acids is 1. The van der Waals surface area contributed by atoms with Gasteiger partial charge in [0.05, 0.1) is 17.7 Å². The average Bonchev–Trinajstić information content (AvgIpc) is 2.40. The number of rotatable bonds is 4. The van der Waals surface area contributed by atoms with Crippen molar-refractivity contribution in [3.63, 3.8) is 0 Å². The Bertz CT molecular complexity index is 692. The number of benzene rings is 2. The molecule has 2 rings (SSSR count). The van der Waals surface area contributed by atoms with E-state index in [1.165, 1.54) is 6.07 Å². The van der Waals surface area contributed by atoms with Crippen LogP contribution in [0.25, 0.3) is 0 Å². The average molecular weight is 283 g/mol. The largest absolute Gasteiger partial charge is 0.478 e. The summed E-state index contributed by atoms with van der Waals surface area (Å²) in [4.78, 5) is 23.3. The molecule has 2 N–H and O–H groups in total. The monoisotopic (exact) mass is 283 g/mol. The molecule has 21 heavy (non-hydrogen) atoms. The number of anilines is 1. The molecular weight excluding hydrogens is 266 g/mol. The van der Waals surface area contributed by atoms with E-state index in [-0.39, 0.29) is 17.9 Å². The lowest BCUT2D eigenvalue weighted by molar-refractivity contribution is -0.115. The van der Waals surface area contributed by atoms with Crippen molar-refractivity contribution in [2.45, 2.75) is 20.3 Å². The van der Waals surface area contributed by atoms with Gasteiger partial charge in [0, 0.05) is 0 Å². The van der Waals surface area contributed by atoms with E-state index in [1.54, 1.807) is 19.1 Å². The molecule has 4 nitrogen and oxygen atoms in total. The zero-order valence-corrected chi connectivity index (χ0v) is 12.0. The Morgan fingerprint density at radius 2 is 1.81 bits per heavy atom. The molecular formula is C17H17NO3. The maximum Gasteiger partial charge on any atom is 0.337 e. The fourth-order valence-corrected chi connectivity index (χ4v) is 2.20. The first-order valence-corrected chi connectivity index (χ1v) is 6.65. The minimum Gasteiger partial charge on any atom is -0.478 e. The van der Waals surface area contributed by atoms with Crippen molar-refractivity contribution >= 4 is 17.6 Å². The predicted molar refractivity (Wildman–Crippen MR) is 81.7 cm³/mol. The molecule has 0 aliphatic rings. The molecule has 0 radical (unpaired) electrons. The molecule has 2 aromatic rings. The van der Waals surface area contributed by atoms with Gasteiger partial charge in [0.25, 0.3) is 0 Å². The molecule has 4 heteroatoms. The van der Waals surface area contributed by atoms with E-state index in [0.717, 1.165) is 16.7 Å². The highest BCUT2D eigenvalue weighted by molar-refractivity contribution is 6.01. The van der Waals surface area contributed by atoms with Crippen molar-refractivity contribution in [2.75, 3.05) is 5.32 Å². The normalized spacial score (nSPS) is 10.2. The van der Waals surface area contributed by atoms with Gasteiger partial charge in [0.2, 0.25) is 5.91 Å². The molecule has 108 valence electrons. The van der Waals surface area contributed by atoms with Crippen molar-refractivity contribution in [2.24, 2.45) is 0 Å². The lowest BCUT2D eigenvalue weighted by Gasteiger charge is -2.11. The summed E-state index contributed by atoms with van der Waals surface area (Å²) >= 11 is 0. The maximum atomic E-state index is 12.1. The first-order valence-electron chi connectivity index (χ1n) is 6.65. The number of amides is 1. The van der Waals surface area contributed by atoms with Crippen LogP contribution in [-0.4, -0.2) is 17.0 Å². The van der Waals surface area contributed by atoms with Crippen LogP contribution in [0.4, 0.5) is 5.69 Å². The summed E-state index contributed by atoms with van der Waals surface area (Å²) in [6, 6.07) is 12.6. The molecule has 0 aliphatic heterocycles. The molecule has 0 aromatic heterocycles. The van der Waals surface area contributed by atoms with Gasteiger partial charge in [-0.15, -0.1) is 0 Å². The predicted octanol–water partition coefficient (Wildman–Crippen LogP) is 3.18. The van der Waals surface area contributed by atoms with Crippen LogP contribution in [0.15, 0.2) is 42.5 Å². The SMILES string of the molecule is Cc1cccc(CC(=O)Nc2c(C)cccc2C(=O)O)c1. The lowest BCUT2D eigenvalue weighted by atomic mass is 10.1. The number of carbonyl (C=O) groups is 2. The topological polar surface area (TPSA) is 66.4 Å². The third-order valence-corrected chi connectivity index (χ3v) is 3.21. The number of hydrogen-bond donors (Lipinski definition) is 2. The summed E-state index contributed by atoms with van der Waals surface area (Å²) < 4.78 is 0. The molecule has 0 atom stereocenters.